The molecule has 0 unspecified atom stereocenters. The Morgan fingerprint density at radius 3 is 2.55 bits per heavy atom. The highest BCUT2D eigenvalue weighted by molar-refractivity contribution is 5.93. The molecule has 0 saturated carbocycles. The highest BCUT2D eigenvalue weighted by atomic mass is 16.5. The molecular formula is C21H24N4O4. The van der Waals surface area contributed by atoms with Crippen LogP contribution in [0, 0.1) is 0 Å². The molecule has 1 amide bonds. The van der Waals surface area contributed by atoms with Crippen LogP contribution in [0.15, 0.2) is 48.7 Å². The minimum Gasteiger partial charge on any atom is -0.491 e. The number of aliphatic hydroxyl groups is 1. The Kier molecular flexibility index (Phi) is 6.46. The second kappa shape index (κ2) is 9.20. The molecule has 0 atom stereocenters. The van der Waals surface area contributed by atoms with Crippen LogP contribution in [0.2, 0.25) is 0 Å². The summed E-state index contributed by atoms with van der Waals surface area (Å²) >= 11 is 0. The molecule has 2 aromatic heterocycles. The number of pyridine rings is 1. The highest BCUT2D eigenvalue weighted by Gasteiger charge is 2.19. The van der Waals surface area contributed by atoms with Gasteiger partial charge in [0.2, 0.25) is 5.88 Å². The first-order chi connectivity index (χ1) is 14.1. The molecule has 0 saturated heterocycles. The van der Waals surface area contributed by atoms with E-state index in [0.29, 0.717) is 29.6 Å². The van der Waals surface area contributed by atoms with E-state index < -0.39 is 0 Å². The highest BCUT2D eigenvalue weighted by Crippen LogP contribution is 2.27. The monoisotopic (exact) mass is 396 g/mol. The van der Waals surface area contributed by atoms with Crippen molar-refractivity contribution in [2.75, 3.05) is 33.9 Å². The van der Waals surface area contributed by atoms with Gasteiger partial charge >= 0.3 is 0 Å². The number of methoxy groups -OCH3 is 1. The van der Waals surface area contributed by atoms with Crippen LogP contribution in [-0.4, -0.2) is 64.6 Å². The Labute approximate surface area is 169 Å². The number of benzene rings is 1. The molecule has 8 heteroatoms. The van der Waals surface area contributed by atoms with Gasteiger partial charge in [-0.25, -0.2) is 9.67 Å². The van der Waals surface area contributed by atoms with E-state index in [4.69, 9.17) is 14.6 Å². The molecule has 0 bridgehead atoms. The molecule has 1 N–H and O–H groups in total. The van der Waals surface area contributed by atoms with Crippen LogP contribution in [0.3, 0.4) is 0 Å². The fourth-order valence-electron chi connectivity index (χ4n) is 2.73. The fraction of sp³-hybridized carbons (Fsp3) is 0.286. The van der Waals surface area contributed by atoms with Crippen LogP contribution in [-0.2, 0) is 0 Å². The SMILES string of the molecule is CCN(C)C(=O)c1cc(-c2ccc(OCCO)cc2)n(-c2ccc(OC)nc2)n1. The van der Waals surface area contributed by atoms with Gasteiger partial charge in [0.25, 0.3) is 5.91 Å². The van der Waals surface area contributed by atoms with Crippen LogP contribution in [0.5, 0.6) is 11.6 Å². The van der Waals surface area contributed by atoms with E-state index in [0.717, 1.165) is 11.3 Å². The molecule has 0 aliphatic heterocycles. The van der Waals surface area contributed by atoms with E-state index in [1.165, 1.54) is 0 Å². The van der Waals surface area contributed by atoms with Crippen molar-refractivity contribution in [1.29, 1.82) is 0 Å². The van der Waals surface area contributed by atoms with Gasteiger partial charge in [0.1, 0.15) is 12.4 Å². The predicted octanol–water partition coefficient (Wildman–Crippen LogP) is 2.41. The quantitative estimate of drug-likeness (QED) is 0.629. The summed E-state index contributed by atoms with van der Waals surface area (Å²) in [4.78, 5) is 18.5. The zero-order valence-electron chi connectivity index (χ0n) is 16.7. The summed E-state index contributed by atoms with van der Waals surface area (Å²) in [5.74, 6) is 0.994. The molecule has 0 radical (unpaired) electrons. The van der Waals surface area contributed by atoms with Crippen LogP contribution in [0.25, 0.3) is 16.9 Å². The average Bonchev–Trinajstić information content (AvgIpc) is 3.22. The smallest absolute Gasteiger partial charge is 0.274 e. The number of hydrogen-bond acceptors (Lipinski definition) is 6. The molecular weight excluding hydrogens is 372 g/mol. The summed E-state index contributed by atoms with van der Waals surface area (Å²) < 4.78 is 12.2. The molecule has 3 aromatic rings. The average molecular weight is 396 g/mol. The summed E-state index contributed by atoms with van der Waals surface area (Å²) in [6, 6.07) is 12.7. The molecule has 29 heavy (non-hydrogen) atoms. The Morgan fingerprint density at radius 1 is 1.21 bits per heavy atom. The standard InChI is InChI=1S/C21H24N4O4/c1-4-24(2)21(27)18-13-19(15-5-8-17(9-6-15)29-12-11-26)25(23-18)16-7-10-20(28-3)22-14-16/h5-10,13-14,26H,4,11-12H2,1-3H3. The molecule has 8 nitrogen and oxygen atoms in total. The van der Waals surface area contributed by atoms with E-state index in [-0.39, 0.29) is 19.1 Å². The van der Waals surface area contributed by atoms with Crippen molar-refractivity contribution in [2.24, 2.45) is 0 Å². The number of rotatable bonds is 8. The lowest BCUT2D eigenvalue weighted by Gasteiger charge is -2.11. The van der Waals surface area contributed by atoms with Crippen molar-refractivity contribution in [1.82, 2.24) is 19.7 Å². The first kappa shape index (κ1) is 20.3. The van der Waals surface area contributed by atoms with Gasteiger partial charge in [-0.05, 0) is 43.3 Å². The number of carbonyl (C=O) groups excluding carboxylic acids is 1. The first-order valence-electron chi connectivity index (χ1n) is 9.27. The van der Waals surface area contributed by atoms with Gasteiger partial charge in [0.05, 0.1) is 31.3 Å². The molecule has 0 aliphatic rings. The van der Waals surface area contributed by atoms with Crippen molar-refractivity contribution in [2.45, 2.75) is 6.92 Å². The zero-order valence-corrected chi connectivity index (χ0v) is 16.7. The maximum Gasteiger partial charge on any atom is 0.274 e. The molecule has 0 fully saturated rings. The van der Waals surface area contributed by atoms with Crippen molar-refractivity contribution in [3.05, 3.63) is 54.4 Å². The topological polar surface area (TPSA) is 89.7 Å². The summed E-state index contributed by atoms with van der Waals surface area (Å²) in [7, 11) is 3.29. The summed E-state index contributed by atoms with van der Waals surface area (Å²) in [5, 5.41) is 13.4. The number of ether oxygens (including phenoxy) is 2. The second-order valence-corrected chi connectivity index (χ2v) is 6.30. The Balaban J connectivity index is 2.03. The lowest BCUT2D eigenvalue weighted by atomic mass is 10.1. The number of nitrogens with zero attached hydrogens (tertiary/aromatic N) is 4. The summed E-state index contributed by atoms with van der Waals surface area (Å²) in [5.41, 5.74) is 2.67. The van der Waals surface area contributed by atoms with Crippen LogP contribution in [0.4, 0.5) is 0 Å². The van der Waals surface area contributed by atoms with Gasteiger partial charge in [0, 0.05) is 25.2 Å². The van der Waals surface area contributed by atoms with Gasteiger partial charge in [-0.2, -0.15) is 5.10 Å². The van der Waals surface area contributed by atoms with E-state index in [1.807, 2.05) is 37.3 Å². The summed E-state index contributed by atoms with van der Waals surface area (Å²) in [6.45, 7) is 2.68. The van der Waals surface area contributed by atoms with Crippen LogP contribution < -0.4 is 9.47 Å². The zero-order chi connectivity index (χ0) is 20.8. The van der Waals surface area contributed by atoms with Crippen LogP contribution >= 0.6 is 0 Å². The van der Waals surface area contributed by atoms with E-state index >= 15 is 0 Å². The largest absolute Gasteiger partial charge is 0.491 e. The van der Waals surface area contributed by atoms with E-state index in [9.17, 15) is 4.79 Å². The van der Waals surface area contributed by atoms with Gasteiger partial charge < -0.3 is 19.5 Å². The van der Waals surface area contributed by atoms with Crippen molar-refractivity contribution < 1.29 is 19.4 Å². The molecule has 0 aliphatic carbocycles. The first-order valence-corrected chi connectivity index (χ1v) is 9.27. The maximum atomic E-state index is 12.6. The van der Waals surface area contributed by atoms with Gasteiger partial charge in [-0.3, -0.25) is 4.79 Å². The maximum absolute atomic E-state index is 12.6. The van der Waals surface area contributed by atoms with Gasteiger partial charge in [0.15, 0.2) is 5.69 Å². The van der Waals surface area contributed by atoms with Gasteiger partial charge in [-0.15, -0.1) is 0 Å². The number of aromatic nitrogens is 3. The van der Waals surface area contributed by atoms with Crippen molar-refractivity contribution in [3.63, 3.8) is 0 Å². The number of carbonyl (C=O) groups is 1. The van der Waals surface area contributed by atoms with E-state index in [1.54, 1.807) is 42.1 Å². The Hall–Kier alpha value is -3.39. The number of aliphatic hydroxyl groups excluding tert-OH is 1. The normalized spacial score (nSPS) is 10.6. The fourth-order valence-corrected chi connectivity index (χ4v) is 2.73. The third-order valence-corrected chi connectivity index (χ3v) is 4.43. The minimum atomic E-state index is -0.156. The van der Waals surface area contributed by atoms with Crippen molar-refractivity contribution >= 4 is 5.91 Å². The van der Waals surface area contributed by atoms with E-state index in [2.05, 4.69) is 10.1 Å². The Bertz CT molecular complexity index is 952. The number of amides is 1. The lowest BCUT2D eigenvalue weighted by Crippen LogP contribution is -2.26. The van der Waals surface area contributed by atoms with Crippen LogP contribution in [0.1, 0.15) is 17.4 Å². The van der Waals surface area contributed by atoms with Crippen molar-refractivity contribution in [3.8, 4) is 28.6 Å². The third-order valence-electron chi connectivity index (χ3n) is 4.43. The number of hydrogen-bond donors (Lipinski definition) is 1. The molecule has 0 spiro atoms. The molecule has 1 aromatic carbocycles. The third kappa shape index (κ3) is 4.55. The summed E-state index contributed by atoms with van der Waals surface area (Å²) in [6.07, 6.45) is 1.64. The minimum absolute atomic E-state index is 0.0462. The molecule has 152 valence electrons. The Morgan fingerprint density at radius 2 is 1.97 bits per heavy atom. The molecule has 3 rings (SSSR count). The lowest BCUT2D eigenvalue weighted by molar-refractivity contribution is 0.0796. The second-order valence-electron chi connectivity index (χ2n) is 6.30. The predicted molar refractivity (Wildman–Crippen MR) is 109 cm³/mol. The van der Waals surface area contributed by atoms with Gasteiger partial charge in [-0.1, -0.05) is 0 Å². The molecule has 2 heterocycles.